The molecule has 3 heteroatoms. The zero-order valence-electron chi connectivity index (χ0n) is 12.8. The van der Waals surface area contributed by atoms with Gasteiger partial charge in [-0.3, -0.25) is 0 Å². The molecule has 1 aliphatic rings. The van der Waals surface area contributed by atoms with E-state index in [1.54, 1.807) is 0 Å². The summed E-state index contributed by atoms with van der Waals surface area (Å²) in [6.45, 7) is 10.0. The summed E-state index contributed by atoms with van der Waals surface area (Å²) in [6, 6.07) is 8.13. The lowest BCUT2D eigenvalue weighted by molar-refractivity contribution is 0.0709. The molecule has 0 amide bonds. The lowest BCUT2D eigenvalue weighted by Gasteiger charge is -2.29. The van der Waals surface area contributed by atoms with E-state index in [1.807, 2.05) is 12.1 Å². The van der Waals surface area contributed by atoms with Gasteiger partial charge < -0.3 is 14.4 Å². The molecule has 1 saturated heterocycles. The highest BCUT2D eigenvalue weighted by Gasteiger charge is 2.14. The molecular formula is C17H27NO2. The Morgan fingerprint density at radius 3 is 2.45 bits per heavy atom. The van der Waals surface area contributed by atoms with E-state index in [-0.39, 0.29) is 0 Å². The van der Waals surface area contributed by atoms with Crippen LogP contribution in [-0.4, -0.2) is 44.4 Å². The Labute approximate surface area is 122 Å². The van der Waals surface area contributed by atoms with Crippen molar-refractivity contribution in [3.8, 4) is 5.75 Å². The van der Waals surface area contributed by atoms with Crippen LogP contribution in [0.3, 0.4) is 0 Å². The predicted octanol–water partition coefficient (Wildman–Crippen LogP) is 3.12. The number of ether oxygens (including phenoxy) is 2. The molecule has 1 aliphatic heterocycles. The van der Waals surface area contributed by atoms with Crippen molar-refractivity contribution in [3.05, 3.63) is 29.8 Å². The van der Waals surface area contributed by atoms with Gasteiger partial charge in [0.05, 0.1) is 13.2 Å². The standard InChI is InChI=1S/C17H27NO2/c1-15-3-5-17(6-4-15)20-14-13-19-12-11-18-9-7-16(2)8-10-18/h3-6,16H,7-14H2,1-2H3. The summed E-state index contributed by atoms with van der Waals surface area (Å²) >= 11 is 0. The van der Waals surface area contributed by atoms with Crippen molar-refractivity contribution in [1.29, 1.82) is 0 Å². The van der Waals surface area contributed by atoms with E-state index in [0.717, 1.165) is 24.8 Å². The van der Waals surface area contributed by atoms with Gasteiger partial charge in [0.2, 0.25) is 0 Å². The molecule has 0 aromatic heterocycles. The average molecular weight is 277 g/mol. The van der Waals surface area contributed by atoms with E-state index in [2.05, 4.69) is 30.9 Å². The van der Waals surface area contributed by atoms with Gasteiger partial charge in [-0.15, -0.1) is 0 Å². The molecule has 1 fully saturated rings. The monoisotopic (exact) mass is 277 g/mol. The average Bonchev–Trinajstić information content (AvgIpc) is 2.46. The minimum Gasteiger partial charge on any atom is -0.491 e. The van der Waals surface area contributed by atoms with Crippen LogP contribution in [0, 0.1) is 12.8 Å². The number of hydrogen-bond acceptors (Lipinski definition) is 3. The Hall–Kier alpha value is -1.06. The van der Waals surface area contributed by atoms with E-state index in [0.29, 0.717) is 13.2 Å². The summed E-state index contributed by atoms with van der Waals surface area (Å²) in [5.41, 5.74) is 1.25. The fourth-order valence-electron chi connectivity index (χ4n) is 2.43. The van der Waals surface area contributed by atoms with Crippen molar-refractivity contribution in [3.63, 3.8) is 0 Å². The molecule has 1 aromatic carbocycles. The normalized spacial score (nSPS) is 17.3. The third-order valence-corrected chi connectivity index (χ3v) is 3.95. The third-order valence-electron chi connectivity index (χ3n) is 3.95. The fourth-order valence-corrected chi connectivity index (χ4v) is 2.43. The van der Waals surface area contributed by atoms with Crippen LogP contribution < -0.4 is 4.74 Å². The maximum Gasteiger partial charge on any atom is 0.119 e. The minimum absolute atomic E-state index is 0.625. The van der Waals surface area contributed by atoms with Gasteiger partial charge in [-0.25, -0.2) is 0 Å². The SMILES string of the molecule is Cc1ccc(OCCOCCN2CCC(C)CC2)cc1. The summed E-state index contributed by atoms with van der Waals surface area (Å²) in [4.78, 5) is 2.50. The zero-order valence-corrected chi connectivity index (χ0v) is 12.8. The molecule has 0 bridgehead atoms. The maximum atomic E-state index is 5.64. The van der Waals surface area contributed by atoms with Gasteiger partial charge in [-0.2, -0.15) is 0 Å². The first-order chi connectivity index (χ1) is 9.74. The number of nitrogens with zero attached hydrogens (tertiary/aromatic N) is 1. The van der Waals surface area contributed by atoms with Crippen molar-refractivity contribution in [2.75, 3.05) is 39.5 Å². The molecule has 1 aromatic rings. The molecular weight excluding hydrogens is 250 g/mol. The number of rotatable bonds is 7. The van der Waals surface area contributed by atoms with E-state index in [4.69, 9.17) is 9.47 Å². The zero-order chi connectivity index (χ0) is 14.2. The van der Waals surface area contributed by atoms with Crippen molar-refractivity contribution in [2.45, 2.75) is 26.7 Å². The number of benzene rings is 1. The van der Waals surface area contributed by atoms with Crippen molar-refractivity contribution in [1.82, 2.24) is 4.90 Å². The topological polar surface area (TPSA) is 21.7 Å². The maximum absolute atomic E-state index is 5.64. The molecule has 0 radical (unpaired) electrons. The highest BCUT2D eigenvalue weighted by molar-refractivity contribution is 5.26. The van der Waals surface area contributed by atoms with E-state index in [9.17, 15) is 0 Å². The second-order valence-electron chi connectivity index (χ2n) is 5.80. The van der Waals surface area contributed by atoms with Crippen LogP contribution in [0.4, 0.5) is 0 Å². The first-order valence-corrected chi connectivity index (χ1v) is 7.73. The van der Waals surface area contributed by atoms with Crippen LogP contribution in [0.1, 0.15) is 25.3 Å². The number of likely N-dealkylation sites (tertiary alicyclic amines) is 1. The van der Waals surface area contributed by atoms with E-state index < -0.39 is 0 Å². The lowest BCUT2D eigenvalue weighted by atomic mass is 9.99. The van der Waals surface area contributed by atoms with Crippen LogP contribution in [-0.2, 0) is 4.74 Å². The van der Waals surface area contributed by atoms with Crippen LogP contribution in [0.25, 0.3) is 0 Å². The van der Waals surface area contributed by atoms with Crippen molar-refractivity contribution in [2.24, 2.45) is 5.92 Å². The molecule has 3 nitrogen and oxygen atoms in total. The van der Waals surface area contributed by atoms with Crippen LogP contribution in [0.15, 0.2) is 24.3 Å². The Morgan fingerprint density at radius 1 is 1.05 bits per heavy atom. The van der Waals surface area contributed by atoms with Gasteiger partial charge in [0.1, 0.15) is 12.4 Å². The number of hydrogen-bond donors (Lipinski definition) is 0. The Morgan fingerprint density at radius 2 is 1.75 bits per heavy atom. The number of piperidine rings is 1. The molecule has 0 N–H and O–H groups in total. The highest BCUT2D eigenvalue weighted by Crippen LogP contribution is 2.15. The summed E-state index contributed by atoms with van der Waals surface area (Å²) in [5.74, 6) is 1.82. The second kappa shape index (κ2) is 8.28. The minimum atomic E-state index is 0.625. The van der Waals surface area contributed by atoms with Crippen LogP contribution in [0.2, 0.25) is 0 Å². The molecule has 2 rings (SSSR count). The van der Waals surface area contributed by atoms with Crippen LogP contribution >= 0.6 is 0 Å². The first kappa shape index (κ1) is 15.3. The van der Waals surface area contributed by atoms with E-state index in [1.165, 1.54) is 31.5 Å². The van der Waals surface area contributed by atoms with E-state index >= 15 is 0 Å². The van der Waals surface area contributed by atoms with Gasteiger partial charge >= 0.3 is 0 Å². The lowest BCUT2D eigenvalue weighted by Crippen LogP contribution is -2.35. The predicted molar refractivity (Wildman–Crippen MR) is 82.3 cm³/mol. The van der Waals surface area contributed by atoms with Gasteiger partial charge in [0.15, 0.2) is 0 Å². The Bertz CT molecular complexity index is 369. The Balaban J connectivity index is 1.48. The molecule has 0 spiro atoms. The quantitative estimate of drug-likeness (QED) is 0.715. The van der Waals surface area contributed by atoms with Gasteiger partial charge in [-0.05, 0) is 50.9 Å². The van der Waals surface area contributed by atoms with Gasteiger partial charge in [-0.1, -0.05) is 24.6 Å². The van der Waals surface area contributed by atoms with Gasteiger partial charge in [0, 0.05) is 6.54 Å². The Kier molecular flexibility index (Phi) is 6.34. The van der Waals surface area contributed by atoms with Crippen molar-refractivity contribution < 1.29 is 9.47 Å². The molecule has 0 aliphatic carbocycles. The summed E-state index contributed by atoms with van der Waals surface area (Å²) in [6.07, 6.45) is 2.66. The van der Waals surface area contributed by atoms with Gasteiger partial charge in [0.25, 0.3) is 0 Å². The first-order valence-electron chi connectivity index (χ1n) is 7.73. The second-order valence-corrected chi connectivity index (χ2v) is 5.80. The largest absolute Gasteiger partial charge is 0.491 e. The molecule has 0 saturated carbocycles. The molecule has 1 heterocycles. The van der Waals surface area contributed by atoms with Crippen molar-refractivity contribution >= 4 is 0 Å². The fraction of sp³-hybridized carbons (Fsp3) is 0.647. The van der Waals surface area contributed by atoms with Crippen LogP contribution in [0.5, 0.6) is 5.75 Å². The third kappa shape index (κ3) is 5.51. The highest BCUT2D eigenvalue weighted by atomic mass is 16.5. The molecule has 0 atom stereocenters. The smallest absolute Gasteiger partial charge is 0.119 e. The summed E-state index contributed by atoms with van der Waals surface area (Å²) in [5, 5.41) is 0. The molecule has 20 heavy (non-hydrogen) atoms. The summed E-state index contributed by atoms with van der Waals surface area (Å²) in [7, 11) is 0. The molecule has 112 valence electrons. The number of aryl methyl sites for hydroxylation is 1. The summed E-state index contributed by atoms with van der Waals surface area (Å²) < 4.78 is 11.3. The molecule has 0 unspecified atom stereocenters.